The lowest BCUT2D eigenvalue weighted by atomic mass is 9.98. The molecule has 5 heteroatoms. The van der Waals surface area contributed by atoms with Gasteiger partial charge in [-0.05, 0) is 31.7 Å². The summed E-state index contributed by atoms with van der Waals surface area (Å²) in [6, 6.07) is 3.35. The van der Waals surface area contributed by atoms with Crippen LogP contribution in [0.4, 0.5) is 0 Å². The fraction of sp³-hybridized carbons (Fsp3) is 0.692. The predicted octanol–water partition coefficient (Wildman–Crippen LogP) is 0.775. The molecule has 3 heterocycles. The monoisotopic (exact) mass is 248 g/mol. The Morgan fingerprint density at radius 3 is 2.67 bits per heavy atom. The smallest absolute Gasteiger partial charge is 0.274 e. The lowest BCUT2D eigenvalue weighted by molar-refractivity contribution is 0.0675. The van der Waals surface area contributed by atoms with Crippen LogP contribution in [0, 0.1) is 0 Å². The van der Waals surface area contributed by atoms with Crippen molar-refractivity contribution in [3.8, 4) is 0 Å². The van der Waals surface area contributed by atoms with E-state index >= 15 is 0 Å². The molecule has 0 aromatic carbocycles. The first kappa shape index (κ1) is 11.7. The van der Waals surface area contributed by atoms with Gasteiger partial charge >= 0.3 is 0 Å². The molecule has 0 spiro atoms. The third kappa shape index (κ3) is 2.03. The number of nitrogens with zero attached hydrogens (tertiary/aromatic N) is 3. The van der Waals surface area contributed by atoms with Crippen LogP contribution in [0.25, 0.3) is 0 Å². The molecule has 18 heavy (non-hydrogen) atoms. The molecule has 0 saturated carbocycles. The molecular formula is C13H20N4O. The van der Waals surface area contributed by atoms with E-state index in [1.807, 2.05) is 25.2 Å². The molecule has 2 unspecified atom stereocenters. The lowest BCUT2D eigenvalue weighted by Crippen LogP contribution is -2.48. The minimum Gasteiger partial charge on any atom is -0.337 e. The van der Waals surface area contributed by atoms with Crippen LogP contribution in [0.15, 0.2) is 12.3 Å². The molecular weight excluding hydrogens is 228 g/mol. The van der Waals surface area contributed by atoms with Gasteiger partial charge in [0.15, 0.2) is 0 Å². The quantitative estimate of drug-likeness (QED) is 0.841. The van der Waals surface area contributed by atoms with Crippen molar-refractivity contribution in [3.05, 3.63) is 18.0 Å². The van der Waals surface area contributed by atoms with Crippen molar-refractivity contribution in [2.45, 2.75) is 43.8 Å². The van der Waals surface area contributed by atoms with E-state index in [0.717, 1.165) is 12.8 Å². The van der Waals surface area contributed by atoms with E-state index in [9.17, 15) is 4.79 Å². The normalized spacial score (nSPS) is 30.4. The molecule has 2 atom stereocenters. The molecule has 2 saturated heterocycles. The number of aromatic nitrogens is 2. The predicted molar refractivity (Wildman–Crippen MR) is 68.3 cm³/mol. The van der Waals surface area contributed by atoms with Crippen LogP contribution >= 0.6 is 0 Å². The summed E-state index contributed by atoms with van der Waals surface area (Å²) in [5, 5.41) is 7.79. The van der Waals surface area contributed by atoms with Gasteiger partial charge in [-0.15, -0.1) is 0 Å². The maximum absolute atomic E-state index is 12.3. The molecule has 1 aromatic heterocycles. The Morgan fingerprint density at radius 2 is 2.11 bits per heavy atom. The Bertz CT molecular complexity index is 444. The lowest BCUT2D eigenvalue weighted by Gasteiger charge is -2.35. The number of hydrogen-bond donors (Lipinski definition) is 1. The summed E-state index contributed by atoms with van der Waals surface area (Å²) in [5.74, 6) is 0.0434. The van der Waals surface area contributed by atoms with E-state index in [1.54, 1.807) is 10.7 Å². The number of rotatable bonds is 2. The van der Waals surface area contributed by atoms with Gasteiger partial charge in [0.25, 0.3) is 5.91 Å². The van der Waals surface area contributed by atoms with E-state index < -0.39 is 0 Å². The zero-order valence-corrected chi connectivity index (χ0v) is 11.0. The highest BCUT2D eigenvalue weighted by atomic mass is 16.2. The maximum Gasteiger partial charge on any atom is 0.274 e. The molecule has 1 aromatic rings. The van der Waals surface area contributed by atoms with E-state index in [4.69, 9.17) is 0 Å². The largest absolute Gasteiger partial charge is 0.337 e. The van der Waals surface area contributed by atoms with Crippen LogP contribution in [0.5, 0.6) is 0 Å². The molecule has 2 aliphatic heterocycles. The van der Waals surface area contributed by atoms with Crippen LogP contribution in [0.2, 0.25) is 0 Å². The summed E-state index contributed by atoms with van der Waals surface area (Å²) in [7, 11) is 3.74. The first-order valence-corrected chi connectivity index (χ1v) is 6.66. The summed E-state index contributed by atoms with van der Waals surface area (Å²) in [6.07, 6.45) is 6.48. The van der Waals surface area contributed by atoms with Crippen molar-refractivity contribution in [1.82, 2.24) is 20.0 Å². The molecule has 2 fully saturated rings. The first-order valence-electron chi connectivity index (χ1n) is 6.66. The van der Waals surface area contributed by atoms with Gasteiger partial charge in [0, 0.05) is 38.4 Å². The highest BCUT2D eigenvalue weighted by Crippen LogP contribution is 2.29. The summed E-state index contributed by atoms with van der Waals surface area (Å²) in [6.45, 7) is 0. The second-order valence-corrected chi connectivity index (χ2v) is 5.55. The zero-order valence-electron chi connectivity index (χ0n) is 11.0. The fourth-order valence-electron chi connectivity index (χ4n) is 3.22. The van der Waals surface area contributed by atoms with E-state index in [-0.39, 0.29) is 5.91 Å². The summed E-state index contributed by atoms with van der Waals surface area (Å²) >= 11 is 0. The number of aryl methyl sites for hydroxylation is 1. The first-order chi connectivity index (χ1) is 8.63. The third-order valence-electron chi connectivity index (χ3n) is 4.25. The molecule has 2 bridgehead atoms. The van der Waals surface area contributed by atoms with E-state index in [1.165, 1.54) is 12.8 Å². The van der Waals surface area contributed by atoms with Crippen molar-refractivity contribution >= 4 is 5.91 Å². The van der Waals surface area contributed by atoms with Gasteiger partial charge in [0.2, 0.25) is 0 Å². The van der Waals surface area contributed by atoms with Gasteiger partial charge in [0.05, 0.1) is 0 Å². The average molecular weight is 248 g/mol. The molecule has 0 radical (unpaired) electrons. The standard InChI is InChI=1S/C13H20N4O/c1-16-6-5-12(15-16)13(18)17(2)11-7-9-3-4-10(8-11)14-9/h5-6,9-11,14H,3-4,7-8H2,1-2H3. The molecule has 2 aliphatic rings. The maximum atomic E-state index is 12.3. The summed E-state index contributed by atoms with van der Waals surface area (Å²) in [4.78, 5) is 14.2. The number of hydrogen-bond acceptors (Lipinski definition) is 3. The van der Waals surface area contributed by atoms with Gasteiger partial charge < -0.3 is 10.2 Å². The van der Waals surface area contributed by atoms with E-state index in [2.05, 4.69) is 10.4 Å². The minimum atomic E-state index is 0.0434. The summed E-state index contributed by atoms with van der Waals surface area (Å²) < 4.78 is 1.67. The van der Waals surface area contributed by atoms with Crippen molar-refractivity contribution in [3.63, 3.8) is 0 Å². The number of nitrogens with one attached hydrogen (secondary N) is 1. The summed E-state index contributed by atoms with van der Waals surface area (Å²) in [5.41, 5.74) is 0.547. The van der Waals surface area contributed by atoms with Crippen molar-refractivity contribution in [2.75, 3.05) is 7.05 Å². The molecule has 1 N–H and O–H groups in total. The number of amides is 1. The fourth-order valence-corrected chi connectivity index (χ4v) is 3.22. The number of carbonyl (C=O) groups excluding carboxylic acids is 1. The molecule has 5 nitrogen and oxygen atoms in total. The van der Waals surface area contributed by atoms with Gasteiger partial charge in [-0.25, -0.2) is 0 Å². The van der Waals surface area contributed by atoms with Crippen LogP contribution in [-0.4, -0.2) is 45.8 Å². The Kier molecular flexibility index (Phi) is 2.86. The van der Waals surface area contributed by atoms with Crippen LogP contribution in [0.1, 0.15) is 36.2 Å². The zero-order chi connectivity index (χ0) is 12.7. The average Bonchev–Trinajstić information content (AvgIpc) is 2.94. The van der Waals surface area contributed by atoms with Gasteiger partial charge in [-0.2, -0.15) is 5.10 Å². The topological polar surface area (TPSA) is 50.2 Å². The minimum absolute atomic E-state index is 0.0434. The number of carbonyl (C=O) groups is 1. The van der Waals surface area contributed by atoms with Crippen molar-refractivity contribution in [2.24, 2.45) is 7.05 Å². The Labute approximate surface area is 107 Å². The van der Waals surface area contributed by atoms with Crippen LogP contribution in [0.3, 0.4) is 0 Å². The molecule has 0 aliphatic carbocycles. The molecule has 3 rings (SSSR count). The van der Waals surface area contributed by atoms with Gasteiger partial charge in [0.1, 0.15) is 5.69 Å². The SMILES string of the molecule is CN(C(=O)c1ccn(C)n1)C1CC2CCC(C1)N2. The Hall–Kier alpha value is -1.36. The second kappa shape index (κ2) is 4.39. The van der Waals surface area contributed by atoms with Gasteiger partial charge in [-0.3, -0.25) is 9.48 Å². The van der Waals surface area contributed by atoms with Crippen molar-refractivity contribution < 1.29 is 4.79 Å². The van der Waals surface area contributed by atoms with Gasteiger partial charge in [-0.1, -0.05) is 0 Å². The number of fused-ring (bicyclic) bond motifs is 2. The van der Waals surface area contributed by atoms with Crippen LogP contribution in [-0.2, 0) is 7.05 Å². The second-order valence-electron chi connectivity index (χ2n) is 5.55. The Morgan fingerprint density at radius 1 is 1.44 bits per heavy atom. The Balaban J connectivity index is 1.70. The molecule has 1 amide bonds. The number of piperidine rings is 1. The van der Waals surface area contributed by atoms with Crippen LogP contribution < -0.4 is 5.32 Å². The van der Waals surface area contributed by atoms with Crippen molar-refractivity contribution in [1.29, 1.82) is 0 Å². The highest BCUT2D eigenvalue weighted by Gasteiger charge is 2.36. The highest BCUT2D eigenvalue weighted by molar-refractivity contribution is 5.92. The van der Waals surface area contributed by atoms with E-state index in [0.29, 0.717) is 23.8 Å². The molecule has 98 valence electrons. The third-order valence-corrected chi connectivity index (χ3v) is 4.25.